The minimum atomic E-state index is -0.920. The Balaban J connectivity index is 2.58. The van der Waals surface area contributed by atoms with Crippen molar-refractivity contribution in [3.05, 3.63) is 29.8 Å². The third-order valence-corrected chi connectivity index (χ3v) is 2.20. The number of hydrogen-bond donors (Lipinski definition) is 3. The molecule has 1 aromatic rings. The highest BCUT2D eigenvalue weighted by atomic mass is 16.4. The van der Waals surface area contributed by atoms with Gasteiger partial charge in [-0.05, 0) is 25.5 Å². The normalized spacial score (nSPS) is 11.1. The van der Waals surface area contributed by atoms with E-state index in [2.05, 4.69) is 10.5 Å². The third kappa shape index (κ3) is 4.25. The Morgan fingerprint density at radius 1 is 1.28 bits per heavy atom. The lowest BCUT2D eigenvalue weighted by atomic mass is 10.2. The van der Waals surface area contributed by atoms with Crippen LogP contribution < -0.4 is 5.43 Å². The SMILES string of the molecule is C/C(CCC(=O)O)=N\NC(=O)c1ccccc1O. The van der Waals surface area contributed by atoms with Gasteiger partial charge in [-0.2, -0.15) is 5.10 Å². The first-order valence-electron chi connectivity index (χ1n) is 5.34. The number of benzene rings is 1. The molecule has 0 unspecified atom stereocenters. The van der Waals surface area contributed by atoms with Gasteiger partial charge in [0.25, 0.3) is 5.91 Å². The van der Waals surface area contributed by atoms with Crippen molar-refractivity contribution in [2.45, 2.75) is 19.8 Å². The summed E-state index contributed by atoms with van der Waals surface area (Å²) in [6, 6.07) is 6.09. The van der Waals surface area contributed by atoms with E-state index in [0.29, 0.717) is 5.71 Å². The standard InChI is InChI=1S/C12H14N2O4/c1-8(6-7-11(16)17)13-14-12(18)9-4-2-3-5-10(9)15/h2-5,15H,6-7H2,1H3,(H,14,18)(H,16,17)/b13-8+. The van der Waals surface area contributed by atoms with Crippen LogP contribution in [0.3, 0.4) is 0 Å². The van der Waals surface area contributed by atoms with Crippen molar-refractivity contribution in [2.24, 2.45) is 5.10 Å². The Morgan fingerprint density at radius 2 is 1.94 bits per heavy atom. The maximum absolute atomic E-state index is 11.6. The molecule has 3 N–H and O–H groups in total. The fourth-order valence-electron chi connectivity index (χ4n) is 1.22. The number of phenols is 1. The van der Waals surface area contributed by atoms with E-state index >= 15 is 0 Å². The van der Waals surface area contributed by atoms with Crippen molar-refractivity contribution in [3.63, 3.8) is 0 Å². The van der Waals surface area contributed by atoms with Crippen LogP contribution in [0.25, 0.3) is 0 Å². The molecule has 0 bridgehead atoms. The van der Waals surface area contributed by atoms with Gasteiger partial charge < -0.3 is 10.2 Å². The maximum Gasteiger partial charge on any atom is 0.303 e. The predicted molar refractivity (Wildman–Crippen MR) is 65.6 cm³/mol. The van der Waals surface area contributed by atoms with Crippen molar-refractivity contribution < 1.29 is 19.8 Å². The molecular formula is C12H14N2O4. The summed E-state index contributed by atoms with van der Waals surface area (Å²) < 4.78 is 0. The van der Waals surface area contributed by atoms with E-state index < -0.39 is 11.9 Å². The molecule has 0 aliphatic carbocycles. The Hall–Kier alpha value is -2.37. The highest BCUT2D eigenvalue weighted by molar-refractivity contribution is 5.97. The molecule has 0 saturated carbocycles. The molecule has 18 heavy (non-hydrogen) atoms. The van der Waals surface area contributed by atoms with Crippen LogP contribution in [0, 0.1) is 0 Å². The minimum Gasteiger partial charge on any atom is -0.507 e. The number of nitrogens with one attached hydrogen (secondary N) is 1. The van der Waals surface area contributed by atoms with Crippen molar-refractivity contribution in [1.82, 2.24) is 5.43 Å². The molecule has 0 aliphatic rings. The highest BCUT2D eigenvalue weighted by Gasteiger charge is 2.09. The third-order valence-electron chi connectivity index (χ3n) is 2.20. The smallest absolute Gasteiger partial charge is 0.303 e. The number of nitrogens with zero attached hydrogens (tertiary/aromatic N) is 1. The van der Waals surface area contributed by atoms with Crippen LogP contribution in [0.5, 0.6) is 5.75 Å². The summed E-state index contributed by atoms with van der Waals surface area (Å²) in [5.74, 6) is -1.59. The molecule has 0 heterocycles. The largest absolute Gasteiger partial charge is 0.507 e. The zero-order valence-corrected chi connectivity index (χ0v) is 9.88. The van der Waals surface area contributed by atoms with Gasteiger partial charge >= 0.3 is 5.97 Å². The number of carboxylic acid groups (broad SMARTS) is 1. The van der Waals surface area contributed by atoms with Gasteiger partial charge in [0.1, 0.15) is 5.75 Å². The number of hydrogen-bond acceptors (Lipinski definition) is 4. The summed E-state index contributed by atoms with van der Waals surface area (Å²) in [6.07, 6.45) is 0.220. The highest BCUT2D eigenvalue weighted by Crippen LogP contribution is 2.14. The number of hydrazone groups is 1. The number of carboxylic acids is 1. The Kier molecular flexibility index (Phi) is 4.86. The Labute approximate surface area is 104 Å². The van der Waals surface area contributed by atoms with E-state index in [0.717, 1.165) is 0 Å². The van der Waals surface area contributed by atoms with Crippen LogP contribution in [-0.4, -0.2) is 27.8 Å². The number of carbonyl (C=O) groups is 2. The van der Waals surface area contributed by atoms with Crippen molar-refractivity contribution in [3.8, 4) is 5.75 Å². The number of aliphatic carboxylic acids is 1. The molecule has 96 valence electrons. The van der Waals surface area contributed by atoms with Crippen LogP contribution in [0.15, 0.2) is 29.4 Å². The molecule has 0 spiro atoms. The molecule has 0 aliphatic heterocycles. The van der Waals surface area contributed by atoms with Gasteiger partial charge in [-0.25, -0.2) is 5.43 Å². The van der Waals surface area contributed by atoms with Gasteiger partial charge in [-0.3, -0.25) is 9.59 Å². The summed E-state index contributed by atoms with van der Waals surface area (Å²) in [4.78, 5) is 21.9. The average molecular weight is 250 g/mol. The van der Waals surface area contributed by atoms with E-state index in [9.17, 15) is 14.7 Å². The minimum absolute atomic E-state index is 0.0399. The van der Waals surface area contributed by atoms with Gasteiger partial charge in [0.15, 0.2) is 0 Å². The second-order valence-corrected chi connectivity index (χ2v) is 3.70. The van der Waals surface area contributed by atoms with E-state index in [1.807, 2.05) is 0 Å². The number of rotatable bonds is 5. The monoisotopic (exact) mass is 250 g/mol. The lowest BCUT2D eigenvalue weighted by Crippen LogP contribution is -2.19. The lowest BCUT2D eigenvalue weighted by molar-refractivity contribution is -0.136. The van der Waals surface area contributed by atoms with Crippen LogP contribution >= 0.6 is 0 Å². The number of para-hydroxylation sites is 1. The lowest BCUT2D eigenvalue weighted by Gasteiger charge is -2.03. The van der Waals surface area contributed by atoms with E-state index in [-0.39, 0.29) is 24.2 Å². The van der Waals surface area contributed by atoms with Crippen LogP contribution in [-0.2, 0) is 4.79 Å². The second kappa shape index (κ2) is 6.39. The van der Waals surface area contributed by atoms with Crippen molar-refractivity contribution >= 4 is 17.6 Å². The summed E-state index contributed by atoms with van der Waals surface area (Å²) in [6.45, 7) is 1.62. The average Bonchev–Trinajstić information content (AvgIpc) is 2.34. The first kappa shape index (κ1) is 13.7. The number of aromatic hydroxyl groups is 1. The summed E-state index contributed by atoms with van der Waals surface area (Å²) in [5, 5.41) is 21.7. The zero-order valence-electron chi connectivity index (χ0n) is 9.88. The second-order valence-electron chi connectivity index (χ2n) is 3.70. The molecule has 0 radical (unpaired) electrons. The molecule has 6 heteroatoms. The first-order valence-corrected chi connectivity index (χ1v) is 5.34. The summed E-state index contributed by atoms with van der Waals surface area (Å²) >= 11 is 0. The van der Waals surface area contributed by atoms with Gasteiger partial charge in [0, 0.05) is 5.71 Å². The number of phenolic OH excluding ortho intramolecular Hbond substituents is 1. The maximum atomic E-state index is 11.6. The van der Waals surface area contributed by atoms with E-state index in [1.54, 1.807) is 19.1 Å². The van der Waals surface area contributed by atoms with Gasteiger partial charge in [-0.15, -0.1) is 0 Å². The van der Waals surface area contributed by atoms with Crippen molar-refractivity contribution in [2.75, 3.05) is 0 Å². The fraction of sp³-hybridized carbons (Fsp3) is 0.250. The first-order chi connectivity index (χ1) is 8.50. The molecule has 1 amide bonds. The Morgan fingerprint density at radius 3 is 2.56 bits per heavy atom. The molecule has 6 nitrogen and oxygen atoms in total. The summed E-state index contributed by atoms with van der Waals surface area (Å²) in [5.41, 5.74) is 2.88. The van der Waals surface area contributed by atoms with Gasteiger partial charge in [0.05, 0.1) is 12.0 Å². The van der Waals surface area contributed by atoms with E-state index in [1.165, 1.54) is 12.1 Å². The Bertz CT molecular complexity index is 483. The molecule has 1 rings (SSSR count). The van der Waals surface area contributed by atoms with E-state index in [4.69, 9.17) is 5.11 Å². The number of amides is 1. The predicted octanol–water partition coefficient (Wildman–Crippen LogP) is 1.36. The zero-order chi connectivity index (χ0) is 13.5. The molecule has 0 fully saturated rings. The van der Waals surface area contributed by atoms with Crippen LogP contribution in [0.2, 0.25) is 0 Å². The van der Waals surface area contributed by atoms with Gasteiger partial charge in [-0.1, -0.05) is 12.1 Å². The van der Waals surface area contributed by atoms with Crippen LogP contribution in [0.1, 0.15) is 30.1 Å². The van der Waals surface area contributed by atoms with Crippen molar-refractivity contribution in [1.29, 1.82) is 0 Å². The molecule has 0 atom stereocenters. The molecular weight excluding hydrogens is 236 g/mol. The van der Waals surface area contributed by atoms with Gasteiger partial charge in [0.2, 0.25) is 0 Å². The number of carbonyl (C=O) groups excluding carboxylic acids is 1. The molecule has 1 aromatic carbocycles. The van der Waals surface area contributed by atoms with Crippen LogP contribution in [0.4, 0.5) is 0 Å². The quantitative estimate of drug-likeness (QED) is 0.542. The molecule has 0 saturated heterocycles. The summed E-state index contributed by atoms with van der Waals surface area (Å²) in [7, 11) is 0. The molecule has 0 aromatic heterocycles. The fourth-order valence-corrected chi connectivity index (χ4v) is 1.22. The topological polar surface area (TPSA) is 99.0 Å².